The molecule has 3 nitrogen and oxygen atoms in total. The standard InChI is InChI=1S/C12H18O3/c1-2-15-12(14)9-8-11(13)10-6-4-3-5-7-10/h8-10H,2-7H2,1H3/b9-8+. The smallest absolute Gasteiger partial charge is 0.330 e. The summed E-state index contributed by atoms with van der Waals surface area (Å²) in [4.78, 5) is 22.6. The van der Waals surface area contributed by atoms with Gasteiger partial charge in [0.25, 0.3) is 0 Å². The molecule has 15 heavy (non-hydrogen) atoms. The van der Waals surface area contributed by atoms with Crippen LogP contribution in [-0.2, 0) is 14.3 Å². The van der Waals surface area contributed by atoms with Crippen LogP contribution in [0.5, 0.6) is 0 Å². The summed E-state index contributed by atoms with van der Waals surface area (Å²) in [5, 5.41) is 0. The molecule has 0 spiro atoms. The molecule has 3 heteroatoms. The minimum atomic E-state index is -0.429. The van der Waals surface area contributed by atoms with Gasteiger partial charge >= 0.3 is 5.97 Å². The van der Waals surface area contributed by atoms with Crippen LogP contribution < -0.4 is 0 Å². The predicted octanol–water partition coefficient (Wildman–Crippen LogP) is 2.26. The van der Waals surface area contributed by atoms with Crippen molar-refractivity contribution in [3.8, 4) is 0 Å². The molecule has 1 saturated carbocycles. The minimum absolute atomic E-state index is 0.0720. The fraction of sp³-hybridized carbons (Fsp3) is 0.667. The van der Waals surface area contributed by atoms with Crippen LogP contribution in [0.2, 0.25) is 0 Å². The maximum absolute atomic E-state index is 11.6. The Hall–Kier alpha value is -1.12. The molecular formula is C12H18O3. The number of hydrogen-bond donors (Lipinski definition) is 0. The first-order valence-electron chi connectivity index (χ1n) is 5.62. The molecule has 0 saturated heterocycles. The average Bonchev–Trinajstić information content (AvgIpc) is 2.27. The molecule has 0 N–H and O–H groups in total. The van der Waals surface area contributed by atoms with Gasteiger partial charge in [-0.3, -0.25) is 4.79 Å². The molecule has 1 rings (SSSR count). The van der Waals surface area contributed by atoms with E-state index in [1.54, 1.807) is 6.92 Å². The van der Waals surface area contributed by atoms with E-state index in [9.17, 15) is 9.59 Å². The van der Waals surface area contributed by atoms with Crippen LogP contribution >= 0.6 is 0 Å². The van der Waals surface area contributed by atoms with Gasteiger partial charge in [0.2, 0.25) is 0 Å². The Morgan fingerprint density at radius 1 is 1.20 bits per heavy atom. The largest absolute Gasteiger partial charge is 0.463 e. The van der Waals surface area contributed by atoms with Gasteiger partial charge in [0.15, 0.2) is 5.78 Å². The van der Waals surface area contributed by atoms with Gasteiger partial charge in [-0.05, 0) is 25.8 Å². The summed E-state index contributed by atoms with van der Waals surface area (Å²) in [6.07, 6.45) is 8.02. The van der Waals surface area contributed by atoms with Gasteiger partial charge in [-0.1, -0.05) is 19.3 Å². The second kappa shape index (κ2) is 6.38. The Kier molecular flexibility index (Phi) is 5.08. The molecule has 0 aromatic heterocycles. The Bertz CT molecular complexity index is 250. The van der Waals surface area contributed by atoms with Gasteiger partial charge in [-0.2, -0.15) is 0 Å². The fourth-order valence-corrected chi connectivity index (χ4v) is 1.86. The maximum atomic E-state index is 11.6. The molecule has 0 bridgehead atoms. The van der Waals surface area contributed by atoms with E-state index in [0.717, 1.165) is 25.7 Å². The Balaban J connectivity index is 2.36. The fourth-order valence-electron chi connectivity index (χ4n) is 1.86. The summed E-state index contributed by atoms with van der Waals surface area (Å²) >= 11 is 0. The molecule has 0 amide bonds. The van der Waals surface area contributed by atoms with Crippen LogP contribution in [0.25, 0.3) is 0 Å². The molecule has 0 radical (unpaired) electrons. The van der Waals surface area contributed by atoms with Gasteiger partial charge < -0.3 is 4.74 Å². The van der Waals surface area contributed by atoms with E-state index in [0.29, 0.717) is 6.61 Å². The number of carbonyl (C=O) groups excluding carboxylic acids is 2. The lowest BCUT2D eigenvalue weighted by Gasteiger charge is -2.18. The highest BCUT2D eigenvalue weighted by Crippen LogP contribution is 2.24. The zero-order chi connectivity index (χ0) is 11.1. The second-order valence-corrected chi connectivity index (χ2v) is 3.82. The van der Waals surface area contributed by atoms with Crippen molar-refractivity contribution in [2.24, 2.45) is 5.92 Å². The lowest BCUT2D eigenvalue weighted by atomic mass is 9.86. The third-order valence-electron chi connectivity index (χ3n) is 2.68. The first kappa shape index (κ1) is 12.0. The number of carbonyl (C=O) groups is 2. The van der Waals surface area contributed by atoms with Crippen molar-refractivity contribution in [3.63, 3.8) is 0 Å². The highest BCUT2D eigenvalue weighted by Gasteiger charge is 2.18. The van der Waals surface area contributed by atoms with Crippen molar-refractivity contribution >= 4 is 11.8 Å². The Morgan fingerprint density at radius 3 is 2.47 bits per heavy atom. The van der Waals surface area contributed by atoms with E-state index in [2.05, 4.69) is 0 Å². The molecular weight excluding hydrogens is 192 g/mol. The number of ether oxygens (including phenoxy) is 1. The topological polar surface area (TPSA) is 43.4 Å². The van der Waals surface area contributed by atoms with Crippen LogP contribution in [0.15, 0.2) is 12.2 Å². The highest BCUT2D eigenvalue weighted by molar-refractivity contribution is 5.97. The van der Waals surface area contributed by atoms with Gasteiger partial charge in [-0.25, -0.2) is 4.79 Å². The van der Waals surface area contributed by atoms with E-state index >= 15 is 0 Å². The molecule has 0 aliphatic heterocycles. The first-order chi connectivity index (χ1) is 7.24. The summed E-state index contributed by atoms with van der Waals surface area (Å²) in [5.41, 5.74) is 0. The zero-order valence-corrected chi connectivity index (χ0v) is 9.20. The molecule has 84 valence electrons. The number of rotatable bonds is 4. The average molecular weight is 210 g/mol. The molecule has 1 aliphatic rings. The van der Waals surface area contributed by atoms with E-state index in [1.165, 1.54) is 18.6 Å². The van der Waals surface area contributed by atoms with Crippen molar-refractivity contribution in [1.29, 1.82) is 0 Å². The molecule has 1 aliphatic carbocycles. The molecule has 0 aromatic carbocycles. The van der Waals surface area contributed by atoms with E-state index in [4.69, 9.17) is 4.74 Å². The Morgan fingerprint density at radius 2 is 1.87 bits per heavy atom. The highest BCUT2D eigenvalue weighted by atomic mass is 16.5. The lowest BCUT2D eigenvalue weighted by molar-refractivity contribution is -0.137. The second-order valence-electron chi connectivity index (χ2n) is 3.82. The minimum Gasteiger partial charge on any atom is -0.463 e. The van der Waals surface area contributed by atoms with Crippen LogP contribution in [0.1, 0.15) is 39.0 Å². The molecule has 0 heterocycles. The maximum Gasteiger partial charge on any atom is 0.330 e. The molecule has 0 unspecified atom stereocenters. The van der Waals surface area contributed by atoms with Crippen molar-refractivity contribution in [2.45, 2.75) is 39.0 Å². The van der Waals surface area contributed by atoms with Crippen LogP contribution in [-0.4, -0.2) is 18.4 Å². The summed E-state index contributed by atoms with van der Waals surface area (Å²) < 4.78 is 4.70. The van der Waals surface area contributed by atoms with Crippen molar-refractivity contribution in [1.82, 2.24) is 0 Å². The van der Waals surface area contributed by atoms with Gasteiger partial charge in [0.05, 0.1) is 6.61 Å². The van der Waals surface area contributed by atoms with Gasteiger partial charge in [0, 0.05) is 12.0 Å². The van der Waals surface area contributed by atoms with Gasteiger partial charge in [0.1, 0.15) is 0 Å². The Labute approximate surface area is 90.5 Å². The van der Waals surface area contributed by atoms with E-state index < -0.39 is 5.97 Å². The summed E-state index contributed by atoms with van der Waals surface area (Å²) in [7, 11) is 0. The van der Waals surface area contributed by atoms with E-state index in [1.807, 2.05) is 0 Å². The van der Waals surface area contributed by atoms with E-state index in [-0.39, 0.29) is 11.7 Å². The quantitative estimate of drug-likeness (QED) is 0.528. The normalized spacial score (nSPS) is 17.9. The van der Waals surface area contributed by atoms with Crippen molar-refractivity contribution in [2.75, 3.05) is 6.61 Å². The van der Waals surface area contributed by atoms with Crippen molar-refractivity contribution in [3.05, 3.63) is 12.2 Å². The molecule has 0 aromatic rings. The summed E-state index contributed by atoms with van der Waals surface area (Å²) in [6, 6.07) is 0. The van der Waals surface area contributed by atoms with Crippen LogP contribution in [0.4, 0.5) is 0 Å². The summed E-state index contributed by atoms with van der Waals surface area (Å²) in [6.45, 7) is 2.09. The van der Waals surface area contributed by atoms with Crippen LogP contribution in [0, 0.1) is 5.92 Å². The van der Waals surface area contributed by atoms with Crippen molar-refractivity contribution < 1.29 is 14.3 Å². The summed E-state index contributed by atoms with van der Waals surface area (Å²) in [5.74, 6) is -0.228. The molecule has 1 fully saturated rings. The zero-order valence-electron chi connectivity index (χ0n) is 9.20. The lowest BCUT2D eigenvalue weighted by Crippen LogP contribution is -2.15. The first-order valence-corrected chi connectivity index (χ1v) is 5.62. The number of allylic oxidation sites excluding steroid dienone is 1. The number of esters is 1. The number of hydrogen-bond acceptors (Lipinski definition) is 3. The van der Waals surface area contributed by atoms with Gasteiger partial charge in [-0.15, -0.1) is 0 Å². The van der Waals surface area contributed by atoms with Crippen LogP contribution in [0.3, 0.4) is 0 Å². The molecule has 0 atom stereocenters. The third kappa shape index (κ3) is 4.28. The SMILES string of the molecule is CCOC(=O)/C=C/C(=O)C1CCCCC1. The third-order valence-corrected chi connectivity index (χ3v) is 2.68. The number of ketones is 1. The monoisotopic (exact) mass is 210 g/mol. The predicted molar refractivity (Wildman–Crippen MR) is 57.4 cm³/mol.